The Bertz CT molecular complexity index is 873. The zero-order valence-corrected chi connectivity index (χ0v) is 16.4. The molecule has 3 amide bonds. The lowest BCUT2D eigenvalue weighted by Crippen LogP contribution is -2.52. The molecule has 0 spiro atoms. The van der Waals surface area contributed by atoms with Crippen molar-refractivity contribution in [3.63, 3.8) is 0 Å². The van der Waals surface area contributed by atoms with Crippen LogP contribution in [0.5, 0.6) is 0 Å². The topological polar surface area (TPSA) is 69.7 Å². The van der Waals surface area contributed by atoms with Crippen LogP contribution in [0.15, 0.2) is 48.5 Å². The molecule has 0 atom stereocenters. The quantitative estimate of drug-likeness (QED) is 0.836. The maximum atomic E-state index is 13.0. The van der Waals surface area contributed by atoms with Gasteiger partial charge in [-0.2, -0.15) is 0 Å². The molecule has 2 aromatic carbocycles. The number of nitrogens with zero attached hydrogens (tertiary/aromatic N) is 2. The van der Waals surface area contributed by atoms with Crippen LogP contribution in [0.3, 0.4) is 0 Å². The van der Waals surface area contributed by atoms with Gasteiger partial charge in [-0.1, -0.05) is 29.8 Å². The largest absolute Gasteiger partial charge is 0.343 e. The smallest absolute Gasteiger partial charge is 0.251 e. The van der Waals surface area contributed by atoms with E-state index in [1.54, 1.807) is 34.1 Å². The summed E-state index contributed by atoms with van der Waals surface area (Å²) in [6.07, 6.45) is 0.209. The van der Waals surface area contributed by atoms with Crippen LogP contribution in [0.1, 0.15) is 21.5 Å². The van der Waals surface area contributed by atoms with Crippen LogP contribution in [0.4, 0.5) is 4.39 Å². The van der Waals surface area contributed by atoms with E-state index >= 15 is 0 Å². The molecule has 0 bridgehead atoms. The van der Waals surface area contributed by atoms with Crippen LogP contribution in [0, 0.1) is 12.7 Å². The molecule has 1 aliphatic heterocycles. The molecule has 6 nitrogen and oxygen atoms in total. The number of carbonyl (C=O) groups is 3. The second-order valence-electron chi connectivity index (χ2n) is 7.11. The summed E-state index contributed by atoms with van der Waals surface area (Å²) >= 11 is 0. The molecule has 0 radical (unpaired) electrons. The Morgan fingerprint density at radius 3 is 2.00 bits per heavy atom. The molecule has 7 heteroatoms. The van der Waals surface area contributed by atoms with Crippen molar-refractivity contribution in [2.24, 2.45) is 0 Å². The Morgan fingerprint density at radius 1 is 0.862 bits per heavy atom. The Kier molecular flexibility index (Phi) is 6.59. The van der Waals surface area contributed by atoms with Crippen molar-refractivity contribution in [1.29, 1.82) is 0 Å². The van der Waals surface area contributed by atoms with Crippen LogP contribution in [0.2, 0.25) is 0 Å². The van der Waals surface area contributed by atoms with E-state index in [4.69, 9.17) is 0 Å². The van der Waals surface area contributed by atoms with E-state index in [1.165, 1.54) is 12.1 Å². The SMILES string of the molecule is Cc1ccc(C(=O)NCC(=O)N2CCN(C(=O)Cc3ccc(F)cc3)CC2)cc1. The molecule has 2 aromatic rings. The molecular formula is C22H24FN3O3. The number of hydrogen-bond donors (Lipinski definition) is 1. The van der Waals surface area contributed by atoms with Gasteiger partial charge in [0.25, 0.3) is 5.91 Å². The fourth-order valence-corrected chi connectivity index (χ4v) is 3.17. The lowest BCUT2D eigenvalue weighted by Gasteiger charge is -2.35. The summed E-state index contributed by atoms with van der Waals surface area (Å²) in [4.78, 5) is 40.2. The minimum Gasteiger partial charge on any atom is -0.343 e. The highest BCUT2D eigenvalue weighted by Crippen LogP contribution is 2.09. The number of amides is 3. The Hall–Kier alpha value is -3.22. The van der Waals surface area contributed by atoms with Crippen molar-refractivity contribution in [3.8, 4) is 0 Å². The van der Waals surface area contributed by atoms with Crippen molar-refractivity contribution in [2.75, 3.05) is 32.7 Å². The van der Waals surface area contributed by atoms with Crippen molar-refractivity contribution in [2.45, 2.75) is 13.3 Å². The van der Waals surface area contributed by atoms with Crippen LogP contribution in [-0.2, 0) is 16.0 Å². The first-order valence-corrected chi connectivity index (χ1v) is 9.57. The lowest BCUT2D eigenvalue weighted by atomic mass is 10.1. The molecule has 0 aliphatic carbocycles. The van der Waals surface area contributed by atoms with Crippen LogP contribution in [0.25, 0.3) is 0 Å². The highest BCUT2D eigenvalue weighted by Gasteiger charge is 2.24. The van der Waals surface area contributed by atoms with Gasteiger partial charge >= 0.3 is 0 Å². The molecular weight excluding hydrogens is 373 g/mol. The summed E-state index contributed by atoms with van der Waals surface area (Å²) in [7, 11) is 0. The van der Waals surface area contributed by atoms with E-state index in [-0.39, 0.29) is 36.5 Å². The molecule has 29 heavy (non-hydrogen) atoms. The van der Waals surface area contributed by atoms with Gasteiger partial charge < -0.3 is 15.1 Å². The van der Waals surface area contributed by atoms with Crippen LogP contribution in [-0.4, -0.2) is 60.2 Å². The molecule has 0 aromatic heterocycles. The fourth-order valence-electron chi connectivity index (χ4n) is 3.17. The second kappa shape index (κ2) is 9.32. The van der Waals surface area contributed by atoms with E-state index in [2.05, 4.69) is 5.32 Å². The van der Waals surface area contributed by atoms with E-state index in [1.807, 2.05) is 19.1 Å². The summed E-state index contributed by atoms with van der Waals surface area (Å²) in [5, 5.41) is 2.65. The number of piperazine rings is 1. The summed E-state index contributed by atoms with van der Waals surface area (Å²) in [6, 6.07) is 13.0. The summed E-state index contributed by atoms with van der Waals surface area (Å²) in [5.74, 6) is -0.832. The first-order chi connectivity index (χ1) is 13.9. The van der Waals surface area contributed by atoms with Crippen molar-refractivity contribution >= 4 is 17.7 Å². The Labute approximate surface area is 169 Å². The average Bonchev–Trinajstić information content (AvgIpc) is 2.74. The van der Waals surface area contributed by atoms with Gasteiger partial charge in [-0.15, -0.1) is 0 Å². The molecule has 3 rings (SSSR count). The maximum absolute atomic E-state index is 13.0. The van der Waals surface area contributed by atoms with Crippen molar-refractivity contribution in [1.82, 2.24) is 15.1 Å². The first kappa shape index (κ1) is 20.5. The van der Waals surface area contributed by atoms with Crippen molar-refractivity contribution in [3.05, 3.63) is 71.0 Å². The number of benzene rings is 2. The molecule has 1 N–H and O–H groups in total. The summed E-state index contributed by atoms with van der Waals surface area (Å²) in [5.41, 5.74) is 2.33. The van der Waals surface area contributed by atoms with Gasteiger partial charge in [0.15, 0.2) is 0 Å². The van der Waals surface area contributed by atoms with E-state index < -0.39 is 0 Å². The third kappa shape index (κ3) is 5.63. The second-order valence-corrected chi connectivity index (χ2v) is 7.11. The minimum atomic E-state index is -0.331. The summed E-state index contributed by atoms with van der Waals surface area (Å²) < 4.78 is 13.0. The van der Waals surface area contributed by atoms with Gasteiger partial charge in [0.2, 0.25) is 11.8 Å². The molecule has 1 aliphatic rings. The number of hydrogen-bond acceptors (Lipinski definition) is 3. The van der Waals surface area contributed by atoms with E-state index in [0.29, 0.717) is 31.7 Å². The molecule has 0 unspecified atom stereocenters. The third-order valence-electron chi connectivity index (χ3n) is 4.97. The zero-order chi connectivity index (χ0) is 20.8. The number of nitrogens with one attached hydrogen (secondary N) is 1. The number of aryl methyl sites for hydroxylation is 1. The van der Waals surface area contributed by atoms with E-state index in [9.17, 15) is 18.8 Å². The molecule has 152 valence electrons. The van der Waals surface area contributed by atoms with Gasteiger partial charge in [-0.3, -0.25) is 14.4 Å². The Balaban J connectivity index is 1.43. The van der Waals surface area contributed by atoms with E-state index in [0.717, 1.165) is 11.1 Å². The molecule has 1 heterocycles. The fraction of sp³-hybridized carbons (Fsp3) is 0.318. The average molecular weight is 397 g/mol. The maximum Gasteiger partial charge on any atom is 0.251 e. The van der Waals surface area contributed by atoms with Gasteiger partial charge in [0, 0.05) is 31.7 Å². The van der Waals surface area contributed by atoms with Gasteiger partial charge in [0.1, 0.15) is 5.82 Å². The predicted molar refractivity (Wildman–Crippen MR) is 107 cm³/mol. The molecule has 0 saturated carbocycles. The third-order valence-corrected chi connectivity index (χ3v) is 4.97. The normalized spacial score (nSPS) is 13.9. The Morgan fingerprint density at radius 2 is 1.41 bits per heavy atom. The monoisotopic (exact) mass is 397 g/mol. The standard InChI is InChI=1S/C22H24FN3O3/c1-16-2-6-18(7-3-16)22(29)24-15-21(28)26-12-10-25(11-13-26)20(27)14-17-4-8-19(23)9-5-17/h2-9H,10-15H2,1H3,(H,24,29). The van der Waals surface area contributed by atoms with Gasteiger partial charge in [-0.05, 0) is 36.8 Å². The van der Waals surface area contributed by atoms with Gasteiger partial charge in [0.05, 0.1) is 13.0 Å². The summed E-state index contributed by atoms with van der Waals surface area (Å²) in [6.45, 7) is 3.60. The molecule has 1 fully saturated rings. The highest BCUT2D eigenvalue weighted by molar-refractivity contribution is 5.96. The number of carbonyl (C=O) groups excluding carboxylic acids is 3. The van der Waals surface area contributed by atoms with Crippen molar-refractivity contribution < 1.29 is 18.8 Å². The van der Waals surface area contributed by atoms with Crippen LogP contribution >= 0.6 is 0 Å². The highest BCUT2D eigenvalue weighted by atomic mass is 19.1. The number of halogens is 1. The molecule has 1 saturated heterocycles. The van der Waals surface area contributed by atoms with Gasteiger partial charge in [-0.25, -0.2) is 4.39 Å². The van der Waals surface area contributed by atoms with Crippen LogP contribution < -0.4 is 5.32 Å². The number of rotatable bonds is 5. The first-order valence-electron chi connectivity index (χ1n) is 9.57. The zero-order valence-electron chi connectivity index (χ0n) is 16.4. The predicted octanol–water partition coefficient (Wildman–Crippen LogP) is 1.78. The minimum absolute atomic E-state index is 0.0450. The lowest BCUT2D eigenvalue weighted by molar-refractivity contribution is -0.138.